The summed E-state index contributed by atoms with van der Waals surface area (Å²) in [5, 5.41) is 9.81. The van der Waals surface area contributed by atoms with Crippen molar-refractivity contribution in [1.29, 1.82) is 0 Å². The minimum atomic E-state index is -0.204. The monoisotopic (exact) mass is 575 g/mol. The van der Waals surface area contributed by atoms with Gasteiger partial charge in [-0.1, -0.05) is 53.2 Å². The van der Waals surface area contributed by atoms with Crippen molar-refractivity contribution in [3.63, 3.8) is 0 Å². The fourth-order valence-electron chi connectivity index (χ4n) is 4.82. The van der Waals surface area contributed by atoms with E-state index in [2.05, 4.69) is 29.4 Å². The van der Waals surface area contributed by atoms with Crippen LogP contribution in [0.3, 0.4) is 0 Å². The first-order valence-electron chi connectivity index (χ1n) is 13.4. The molecule has 6 rings (SSSR count). The first-order valence-corrected chi connectivity index (χ1v) is 13.8. The number of rotatable bonds is 10. The second kappa shape index (κ2) is 11.8. The van der Waals surface area contributed by atoms with E-state index < -0.39 is 0 Å². The zero-order valence-corrected chi connectivity index (χ0v) is 23.5. The van der Waals surface area contributed by atoms with E-state index in [0.717, 1.165) is 22.8 Å². The maximum absolute atomic E-state index is 12.8. The molecule has 4 aromatic carbocycles. The number of benzene rings is 4. The number of nitrogens with zero attached hydrogens (tertiary/aromatic N) is 3. The summed E-state index contributed by atoms with van der Waals surface area (Å²) >= 11 is 5.94. The summed E-state index contributed by atoms with van der Waals surface area (Å²) in [6.45, 7) is 2.89. The predicted octanol–water partition coefficient (Wildman–Crippen LogP) is 7.25. The Morgan fingerprint density at radius 1 is 0.976 bits per heavy atom. The highest BCUT2D eigenvalue weighted by molar-refractivity contribution is 6.30. The number of hydrogen-bond donors (Lipinski definition) is 0. The smallest absolute Gasteiger partial charge is 0.228 e. The molecule has 0 unspecified atom stereocenters. The molecule has 8 heteroatoms. The number of fused-ring (bicyclic) bond motifs is 1. The van der Waals surface area contributed by atoms with Gasteiger partial charge in [0, 0.05) is 16.0 Å². The molecule has 2 heterocycles. The zero-order chi connectivity index (χ0) is 29.1. The van der Waals surface area contributed by atoms with E-state index >= 15 is 0 Å². The van der Waals surface area contributed by atoms with E-state index in [1.54, 1.807) is 41.1 Å². The third kappa shape index (κ3) is 6.01. The van der Waals surface area contributed by atoms with Gasteiger partial charge < -0.3 is 9.15 Å². The van der Waals surface area contributed by atoms with Crippen LogP contribution in [0.15, 0.2) is 102 Å². The number of ketones is 1. The highest BCUT2D eigenvalue weighted by Crippen LogP contribution is 2.26. The molecule has 0 aliphatic heterocycles. The molecule has 6 aromatic rings. The van der Waals surface area contributed by atoms with Crippen molar-refractivity contribution in [3.8, 4) is 5.75 Å². The Morgan fingerprint density at radius 2 is 1.76 bits per heavy atom. The predicted molar refractivity (Wildman–Crippen MR) is 160 cm³/mol. The number of aryl methyl sites for hydroxylation is 1. The van der Waals surface area contributed by atoms with Gasteiger partial charge in [0.05, 0.1) is 18.3 Å². The lowest BCUT2D eigenvalue weighted by atomic mass is 10.0. The third-order valence-electron chi connectivity index (χ3n) is 7.08. The lowest BCUT2D eigenvalue weighted by Gasteiger charge is -2.09. The van der Waals surface area contributed by atoms with Gasteiger partial charge in [0.15, 0.2) is 12.0 Å². The van der Waals surface area contributed by atoms with Gasteiger partial charge in [-0.3, -0.25) is 9.59 Å². The van der Waals surface area contributed by atoms with Gasteiger partial charge in [-0.2, -0.15) is 0 Å². The lowest BCUT2D eigenvalue weighted by molar-refractivity contribution is 0.101. The van der Waals surface area contributed by atoms with Crippen LogP contribution in [-0.4, -0.2) is 27.1 Å². The number of carbonyl (C=O) groups is 2. The average molecular weight is 576 g/mol. The van der Waals surface area contributed by atoms with Crippen LogP contribution in [0, 0.1) is 6.92 Å². The van der Waals surface area contributed by atoms with Crippen LogP contribution in [0.5, 0.6) is 5.75 Å². The minimum absolute atomic E-state index is 0.197. The van der Waals surface area contributed by atoms with Crippen LogP contribution in [0.25, 0.3) is 11.0 Å². The van der Waals surface area contributed by atoms with Crippen molar-refractivity contribution in [2.24, 2.45) is 0 Å². The molecule has 2 aromatic heterocycles. The van der Waals surface area contributed by atoms with E-state index in [0.29, 0.717) is 46.1 Å². The molecule has 0 bridgehead atoms. The number of ether oxygens (including phenoxy) is 1. The largest absolute Gasteiger partial charge is 0.486 e. The Kier molecular flexibility index (Phi) is 7.66. The van der Waals surface area contributed by atoms with Crippen molar-refractivity contribution in [3.05, 3.63) is 147 Å². The van der Waals surface area contributed by atoms with Crippen molar-refractivity contribution >= 4 is 34.6 Å². The van der Waals surface area contributed by atoms with E-state index in [1.165, 1.54) is 11.1 Å². The molecule has 42 heavy (non-hydrogen) atoms. The van der Waals surface area contributed by atoms with Gasteiger partial charge >= 0.3 is 0 Å². The quantitative estimate of drug-likeness (QED) is 0.126. The highest BCUT2D eigenvalue weighted by atomic mass is 35.5. The molecule has 0 radical (unpaired) electrons. The summed E-state index contributed by atoms with van der Waals surface area (Å²) in [5.74, 6) is 0.548. The molecule has 0 saturated heterocycles. The van der Waals surface area contributed by atoms with Crippen LogP contribution in [0.4, 0.5) is 0 Å². The highest BCUT2D eigenvalue weighted by Gasteiger charge is 2.15. The molecular weight excluding hydrogens is 550 g/mol. The van der Waals surface area contributed by atoms with Gasteiger partial charge in [-0.05, 0) is 90.2 Å². The standard InChI is InChI=1S/C34H26ClN3O4/c1-22-4-2-3-5-26(22)18-38-19-30(36-37-38)21-41-31-12-6-24(16-28(31)20-39)14-23-7-13-32-27(15-23)17-33(42-32)34(40)25-8-10-29(35)11-9-25/h2-13,15-17,19-20H,14,18,21H2,1H3. The Hall–Kier alpha value is -5.01. The molecule has 0 atom stereocenters. The van der Waals surface area contributed by atoms with Crippen LogP contribution in [0.2, 0.25) is 5.02 Å². The van der Waals surface area contributed by atoms with Gasteiger partial charge in [0.2, 0.25) is 5.78 Å². The molecule has 208 valence electrons. The van der Waals surface area contributed by atoms with Crippen molar-refractivity contribution in [1.82, 2.24) is 15.0 Å². The van der Waals surface area contributed by atoms with Crippen LogP contribution in [0.1, 0.15) is 54.4 Å². The molecule has 0 aliphatic carbocycles. The summed E-state index contributed by atoms with van der Waals surface area (Å²) in [5.41, 5.74) is 6.61. The second-order valence-corrected chi connectivity index (χ2v) is 10.5. The molecular formula is C34H26ClN3O4. The van der Waals surface area contributed by atoms with Gasteiger partial charge in [0.25, 0.3) is 0 Å². The number of aromatic nitrogens is 3. The summed E-state index contributed by atoms with van der Waals surface area (Å²) < 4.78 is 13.5. The Labute approximate surface area is 247 Å². The SMILES string of the molecule is Cc1ccccc1Cn1cc(COc2ccc(Cc3ccc4oc(C(=O)c5ccc(Cl)cc5)cc4c3)cc2C=O)nn1. The Balaban J connectivity index is 1.12. The number of halogens is 1. The minimum Gasteiger partial charge on any atom is -0.486 e. The van der Waals surface area contributed by atoms with Crippen LogP contribution >= 0.6 is 11.6 Å². The molecule has 0 aliphatic rings. The normalized spacial score (nSPS) is 11.1. The maximum atomic E-state index is 12.8. The Bertz CT molecular complexity index is 1910. The topological polar surface area (TPSA) is 87.2 Å². The van der Waals surface area contributed by atoms with E-state index in [-0.39, 0.29) is 18.2 Å². The summed E-state index contributed by atoms with van der Waals surface area (Å²) in [7, 11) is 0. The first-order chi connectivity index (χ1) is 20.4. The molecule has 0 N–H and O–H groups in total. The lowest BCUT2D eigenvalue weighted by Crippen LogP contribution is -2.02. The summed E-state index contributed by atoms with van der Waals surface area (Å²) in [4.78, 5) is 24.7. The molecule has 0 fully saturated rings. The zero-order valence-electron chi connectivity index (χ0n) is 22.8. The molecule has 0 spiro atoms. The molecule has 0 saturated carbocycles. The number of furan rings is 1. The van der Waals surface area contributed by atoms with Gasteiger partial charge in [-0.25, -0.2) is 4.68 Å². The van der Waals surface area contributed by atoms with Crippen LogP contribution in [-0.2, 0) is 19.6 Å². The fourth-order valence-corrected chi connectivity index (χ4v) is 4.95. The Morgan fingerprint density at radius 3 is 2.57 bits per heavy atom. The van der Waals surface area contributed by atoms with E-state index in [9.17, 15) is 9.59 Å². The fraction of sp³-hybridized carbons (Fsp3) is 0.118. The number of hydrogen-bond acceptors (Lipinski definition) is 6. The van der Waals surface area contributed by atoms with Crippen LogP contribution < -0.4 is 4.74 Å². The summed E-state index contributed by atoms with van der Waals surface area (Å²) in [6.07, 6.45) is 3.24. The van der Waals surface area contributed by atoms with E-state index in [1.807, 2.05) is 48.7 Å². The molecule has 0 amide bonds. The van der Waals surface area contributed by atoms with Crippen molar-refractivity contribution < 1.29 is 18.7 Å². The number of aldehydes is 1. The van der Waals surface area contributed by atoms with E-state index in [4.69, 9.17) is 20.8 Å². The van der Waals surface area contributed by atoms with Crippen molar-refractivity contribution in [2.75, 3.05) is 0 Å². The molecule has 7 nitrogen and oxygen atoms in total. The average Bonchev–Trinajstić information content (AvgIpc) is 3.64. The first kappa shape index (κ1) is 27.2. The second-order valence-electron chi connectivity index (χ2n) is 10.1. The van der Waals surface area contributed by atoms with Crippen molar-refractivity contribution in [2.45, 2.75) is 26.5 Å². The third-order valence-corrected chi connectivity index (χ3v) is 7.33. The van der Waals surface area contributed by atoms with Gasteiger partial charge in [0.1, 0.15) is 23.6 Å². The summed E-state index contributed by atoms with van der Waals surface area (Å²) in [6, 6.07) is 28.0. The maximum Gasteiger partial charge on any atom is 0.228 e. The number of carbonyl (C=O) groups excluding carboxylic acids is 2. The van der Waals surface area contributed by atoms with Gasteiger partial charge in [-0.15, -0.1) is 5.10 Å².